The fourth-order valence-corrected chi connectivity index (χ4v) is 1.66. The van der Waals surface area contributed by atoms with Crippen LogP contribution in [0.4, 0.5) is 0 Å². The monoisotopic (exact) mass is 283 g/mol. The molecule has 0 saturated heterocycles. The number of methoxy groups -OCH3 is 1. The molecule has 0 N–H and O–H groups in total. The Bertz CT molecular complexity index is 451. The fraction of sp³-hybridized carbons (Fsp3) is 0.273. The number of ether oxygens (including phenoxy) is 2. The van der Waals surface area contributed by atoms with Gasteiger partial charge in [-0.1, -0.05) is 15.9 Å². The molecule has 0 amide bonds. The molecule has 4 nitrogen and oxygen atoms in total. The number of esters is 1. The number of carbonyl (C=O) groups is 1. The Balaban J connectivity index is 3.32. The quantitative estimate of drug-likeness (QED) is 0.800. The molecule has 0 saturated carbocycles. The zero-order valence-electron chi connectivity index (χ0n) is 8.91. The average molecular weight is 284 g/mol. The van der Waals surface area contributed by atoms with Crippen LogP contribution in [0.5, 0.6) is 5.75 Å². The van der Waals surface area contributed by atoms with E-state index in [1.807, 2.05) is 6.07 Å². The lowest BCUT2D eigenvalue weighted by molar-refractivity contribution is 0.0525. The van der Waals surface area contributed by atoms with Gasteiger partial charge in [0, 0.05) is 4.47 Å². The molecular weight excluding hydrogens is 274 g/mol. The number of nitrogens with zero attached hydrogens (tertiary/aromatic N) is 1. The first-order valence-corrected chi connectivity index (χ1v) is 5.38. The molecule has 1 rings (SSSR count). The van der Waals surface area contributed by atoms with E-state index in [-0.39, 0.29) is 17.7 Å². The standard InChI is InChI=1S/C11H10BrNO3/c1-3-16-11(14)8-4-7(12)5-10(15-2)9(8)6-13/h4-5H,3H2,1-2H3. The average Bonchev–Trinajstić information content (AvgIpc) is 2.28. The Morgan fingerprint density at radius 2 is 2.25 bits per heavy atom. The van der Waals surface area contributed by atoms with E-state index in [0.29, 0.717) is 10.2 Å². The van der Waals surface area contributed by atoms with Crippen LogP contribution in [-0.4, -0.2) is 19.7 Å². The number of rotatable bonds is 3. The molecule has 1 aromatic rings. The van der Waals surface area contributed by atoms with Gasteiger partial charge in [0.25, 0.3) is 0 Å². The van der Waals surface area contributed by atoms with Gasteiger partial charge in [0.1, 0.15) is 17.4 Å². The summed E-state index contributed by atoms with van der Waals surface area (Å²) < 4.78 is 10.5. The van der Waals surface area contributed by atoms with Crippen LogP contribution in [0.2, 0.25) is 0 Å². The normalized spacial score (nSPS) is 9.38. The van der Waals surface area contributed by atoms with Gasteiger partial charge in [0.05, 0.1) is 19.3 Å². The van der Waals surface area contributed by atoms with E-state index >= 15 is 0 Å². The van der Waals surface area contributed by atoms with Crippen molar-refractivity contribution in [3.63, 3.8) is 0 Å². The van der Waals surface area contributed by atoms with E-state index < -0.39 is 5.97 Å². The summed E-state index contributed by atoms with van der Waals surface area (Å²) in [6.07, 6.45) is 0. The second-order valence-electron chi connectivity index (χ2n) is 2.86. The Morgan fingerprint density at radius 3 is 2.75 bits per heavy atom. The Hall–Kier alpha value is -1.54. The molecule has 0 radical (unpaired) electrons. The van der Waals surface area contributed by atoms with Crippen LogP contribution < -0.4 is 4.74 Å². The minimum Gasteiger partial charge on any atom is -0.495 e. The summed E-state index contributed by atoms with van der Waals surface area (Å²) in [6.45, 7) is 1.97. The minimum atomic E-state index is -0.529. The maximum absolute atomic E-state index is 11.6. The van der Waals surface area contributed by atoms with Crippen LogP contribution in [0.15, 0.2) is 16.6 Å². The van der Waals surface area contributed by atoms with E-state index in [1.165, 1.54) is 7.11 Å². The van der Waals surface area contributed by atoms with Crippen molar-refractivity contribution in [3.8, 4) is 11.8 Å². The summed E-state index contributed by atoms with van der Waals surface area (Å²) in [5, 5.41) is 8.99. The molecule has 16 heavy (non-hydrogen) atoms. The van der Waals surface area contributed by atoms with Crippen LogP contribution in [0, 0.1) is 11.3 Å². The van der Waals surface area contributed by atoms with Crippen molar-refractivity contribution in [2.45, 2.75) is 6.92 Å². The van der Waals surface area contributed by atoms with E-state index in [4.69, 9.17) is 14.7 Å². The zero-order chi connectivity index (χ0) is 12.1. The molecule has 0 spiro atoms. The van der Waals surface area contributed by atoms with Crippen molar-refractivity contribution in [2.75, 3.05) is 13.7 Å². The minimum absolute atomic E-state index is 0.184. The van der Waals surface area contributed by atoms with Gasteiger partial charge in [0.15, 0.2) is 0 Å². The Kier molecular flexibility index (Phi) is 4.32. The molecule has 84 valence electrons. The van der Waals surface area contributed by atoms with Crippen LogP contribution in [0.3, 0.4) is 0 Å². The van der Waals surface area contributed by atoms with Crippen molar-refractivity contribution < 1.29 is 14.3 Å². The van der Waals surface area contributed by atoms with Gasteiger partial charge in [-0.2, -0.15) is 5.26 Å². The predicted octanol–water partition coefficient (Wildman–Crippen LogP) is 2.51. The highest BCUT2D eigenvalue weighted by Gasteiger charge is 2.17. The highest BCUT2D eigenvalue weighted by Crippen LogP contribution is 2.27. The first-order chi connectivity index (χ1) is 7.63. The molecule has 0 heterocycles. The van der Waals surface area contributed by atoms with Gasteiger partial charge in [-0.05, 0) is 19.1 Å². The summed E-state index contributed by atoms with van der Waals surface area (Å²) in [5.74, 6) is -0.182. The van der Waals surface area contributed by atoms with Gasteiger partial charge in [-0.15, -0.1) is 0 Å². The third-order valence-corrected chi connectivity index (χ3v) is 2.35. The molecule has 1 aromatic carbocycles. The van der Waals surface area contributed by atoms with Crippen LogP contribution in [0.1, 0.15) is 22.8 Å². The lowest BCUT2D eigenvalue weighted by Gasteiger charge is -2.08. The summed E-state index contributed by atoms with van der Waals surface area (Å²) in [6, 6.07) is 5.10. The van der Waals surface area contributed by atoms with Crippen molar-refractivity contribution >= 4 is 21.9 Å². The number of hydrogen-bond acceptors (Lipinski definition) is 4. The second-order valence-corrected chi connectivity index (χ2v) is 3.78. The lowest BCUT2D eigenvalue weighted by Crippen LogP contribution is -2.08. The topological polar surface area (TPSA) is 59.3 Å². The zero-order valence-corrected chi connectivity index (χ0v) is 10.5. The van der Waals surface area contributed by atoms with Crippen molar-refractivity contribution in [2.24, 2.45) is 0 Å². The molecule has 0 unspecified atom stereocenters. The summed E-state index contributed by atoms with van der Waals surface area (Å²) in [4.78, 5) is 11.6. The van der Waals surface area contributed by atoms with Crippen molar-refractivity contribution in [1.82, 2.24) is 0 Å². The summed E-state index contributed by atoms with van der Waals surface area (Å²) in [5.41, 5.74) is 0.389. The summed E-state index contributed by atoms with van der Waals surface area (Å²) in [7, 11) is 1.44. The number of benzene rings is 1. The fourth-order valence-electron chi connectivity index (χ4n) is 1.23. The van der Waals surface area contributed by atoms with Crippen molar-refractivity contribution in [3.05, 3.63) is 27.7 Å². The molecule has 0 fully saturated rings. The molecule has 0 aliphatic rings. The van der Waals surface area contributed by atoms with Gasteiger partial charge < -0.3 is 9.47 Å². The lowest BCUT2D eigenvalue weighted by atomic mass is 10.1. The number of carbonyl (C=O) groups excluding carboxylic acids is 1. The smallest absolute Gasteiger partial charge is 0.339 e. The van der Waals surface area contributed by atoms with E-state index in [9.17, 15) is 4.79 Å². The van der Waals surface area contributed by atoms with Crippen LogP contribution in [0.25, 0.3) is 0 Å². The number of halogens is 1. The first-order valence-electron chi connectivity index (χ1n) is 4.58. The van der Waals surface area contributed by atoms with E-state index in [1.54, 1.807) is 19.1 Å². The molecule has 0 aromatic heterocycles. The second kappa shape index (κ2) is 5.52. The number of hydrogen-bond donors (Lipinski definition) is 0. The number of nitriles is 1. The van der Waals surface area contributed by atoms with E-state index in [0.717, 1.165) is 0 Å². The van der Waals surface area contributed by atoms with E-state index in [2.05, 4.69) is 15.9 Å². The molecular formula is C11H10BrNO3. The maximum Gasteiger partial charge on any atom is 0.339 e. The predicted molar refractivity (Wildman–Crippen MR) is 61.4 cm³/mol. The van der Waals surface area contributed by atoms with Crippen LogP contribution >= 0.6 is 15.9 Å². The van der Waals surface area contributed by atoms with Gasteiger partial charge in [-0.3, -0.25) is 0 Å². The van der Waals surface area contributed by atoms with Crippen LogP contribution in [-0.2, 0) is 4.74 Å². The molecule has 0 aliphatic carbocycles. The van der Waals surface area contributed by atoms with Gasteiger partial charge in [-0.25, -0.2) is 4.79 Å². The molecule has 5 heteroatoms. The summed E-state index contributed by atoms with van der Waals surface area (Å²) >= 11 is 3.24. The Labute approximate surface area is 102 Å². The third-order valence-electron chi connectivity index (χ3n) is 1.89. The highest BCUT2D eigenvalue weighted by molar-refractivity contribution is 9.10. The molecule has 0 bridgehead atoms. The first kappa shape index (κ1) is 12.5. The third kappa shape index (κ3) is 2.52. The van der Waals surface area contributed by atoms with Gasteiger partial charge >= 0.3 is 5.97 Å². The Morgan fingerprint density at radius 1 is 1.56 bits per heavy atom. The van der Waals surface area contributed by atoms with Gasteiger partial charge in [0.2, 0.25) is 0 Å². The SMILES string of the molecule is CCOC(=O)c1cc(Br)cc(OC)c1C#N. The molecule has 0 atom stereocenters. The maximum atomic E-state index is 11.6. The molecule has 0 aliphatic heterocycles. The van der Waals surface area contributed by atoms with Crippen molar-refractivity contribution in [1.29, 1.82) is 5.26 Å². The largest absolute Gasteiger partial charge is 0.495 e. The highest BCUT2D eigenvalue weighted by atomic mass is 79.9.